The average molecular weight is 465 g/mol. The second kappa shape index (κ2) is 10.8. The number of hydrogen-bond acceptors (Lipinski definition) is 2. The molecular weight excluding hydrogens is 432 g/mol. The third-order valence-corrected chi connectivity index (χ3v) is 6.04. The SMILES string of the molecule is CC[C@H](C(=O)NC(C)(C)C)N(Cc1ccccc1Cl)C(=O)CCc1cccc2ccccc12. The van der Waals surface area contributed by atoms with Crippen LogP contribution in [0.15, 0.2) is 66.7 Å². The molecule has 0 heterocycles. The van der Waals surface area contributed by atoms with Crippen molar-refractivity contribution in [2.45, 2.75) is 65.1 Å². The Labute approximate surface area is 201 Å². The minimum atomic E-state index is -0.569. The molecule has 0 unspecified atom stereocenters. The maximum atomic E-state index is 13.5. The Bertz CT molecular complexity index is 1110. The summed E-state index contributed by atoms with van der Waals surface area (Å²) >= 11 is 6.41. The van der Waals surface area contributed by atoms with E-state index in [-0.39, 0.29) is 17.4 Å². The van der Waals surface area contributed by atoms with Crippen LogP contribution in [0.1, 0.15) is 51.7 Å². The second-order valence-electron chi connectivity index (χ2n) is 9.41. The van der Waals surface area contributed by atoms with Crippen molar-refractivity contribution < 1.29 is 9.59 Å². The summed E-state index contributed by atoms with van der Waals surface area (Å²) in [5.74, 6) is -0.200. The predicted octanol–water partition coefficient (Wildman–Crippen LogP) is 6.15. The van der Waals surface area contributed by atoms with Crippen LogP contribution in [0, 0.1) is 0 Å². The number of amides is 2. The summed E-state index contributed by atoms with van der Waals surface area (Å²) in [7, 11) is 0. The van der Waals surface area contributed by atoms with Crippen molar-refractivity contribution in [1.82, 2.24) is 10.2 Å². The third-order valence-electron chi connectivity index (χ3n) is 5.67. The van der Waals surface area contributed by atoms with Crippen LogP contribution in [0.4, 0.5) is 0 Å². The molecule has 4 nitrogen and oxygen atoms in total. The average Bonchev–Trinajstić information content (AvgIpc) is 2.77. The summed E-state index contributed by atoms with van der Waals surface area (Å²) < 4.78 is 0. The molecule has 3 aromatic carbocycles. The molecule has 0 aromatic heterocycles. The molecule has 174 valence electrons. The molecule has 1 N–H and O–H groups in total. The number of rotatable bonds is 8. The van der Waals surface area contributed by atoms with Crippen LogP contribution in [-0.4, -0.2) is 28.3 Å². The highest BCUT2D eigenvalue weighted by Gasteiger charge is 2.30. The van der Waals surface area contributed by atoms with Gasteiger partial charge in [-0.1, -0.05) is 79.2 Å². The Morgan fingerprint density at radius 1 is 0.939 bits per heavy atom. The number of fused-ring (bicyclic) bond motifs is 1. The maximum absolute atomic E-state index is 13.5. The molecule has 0 spiro atoms. The standard InChI is InChI=1S/C28H33ClN2O2/c1-5-25(27(33)30-28(2,3)4)31(19-22-12-7-9-16-24(22)29)26(32)18-17-21-14-10-13-20-11-6-8-15-23(20)21/h6-16,25H,5,17-19H2,1-4H3,(H,30,33)/t25-/m1/s1. The molecule has 3 aromatic rings. The number of hydrogen-bond donors (Lipinski definition) is 1. The highest BCUT2D eigenvalue weighted by molar-refractivity contribution is 6.31. The Morgan fingerprint density at radius 2 is 1.58 bits per heavy atom. The number of nitrogens with zero attached hydrogens (tertiary/aromatic N) is 1. The summed E-state index contributed by atoms with van der Waals surface area (Å²) in [5.41, 5.74) is 1.58. The van der Waals surface area contributed by atoms with E-state index >= 15 is 0 Å². The van der Waals surface area contributed by atoms with E-state index < -0.39 is 6.04 Å². The minimum Gasteiger partial charge on any atom is -0.350 e. The van der Waals surface area contributed by atoms with Gasteiger partial charge in [0.1, 0.15) is 6.04 Å². The largest absolute Gasteiger partial charge is 0.350 e. The fourth-order valence-electron chi connectivity index (χ4n) is 4.08. The summed E-state index contributed by atoms with van der Waals surface area (Å²) in [6.45, 7) is 8.06. The molecule has 0 aliphatic carbocycles. The predicted molar refractivity (Wildman–Crippen MR) is 136 cm³/mol. The lowest BCUT2D eigenvalue weighted by atomic mass is 10.00. The number of aryl methyl sites for hydroxylation is 1. The van der Waals surface area contributed by atoms with Crippen LogP contribution in [0.25, 0.3) is 10.8 Å². The lowest BCUT2D eigenvalue weighted by Gasteiger charge is -2.33. The highest BCUT2D eigenvalue weighted by atomic mass is 35.5. The molecule has 0 aliphatic rings. The zero-order valence-electron chi connectivity index (χ0n) is 19.9. The van der Waals surface area contributed by atoms with E-state index in [0.29, 0.717) is 30.8 Å². The van der Waals surface area contributed by atoms with Crippen LogP contribution in [0.5, 0.6) is 0 Å². The second-order valence-corrected chi connectivity index (χ2v) is 9.82. The van der Waals surface area contributed by atoms with Gasteiger partial charge in [0.05, 0.1) is 0 Å². The van der Waals surface area contributed by atoms with E-state index in [0.717, 1.165) is 21.9 Å². The van der Waals surface area contributed by atoms with Crippen molar-refractivity contribution in [2.75, 3.05) is 0 Å². The molecule has 33 heavy (non-hydrogen) atoms. The summed E-state index contributed by atoms with van der Waals surface area (Å²) in [6, 6.07) is 21.3. The van der Waals surface area contributed by atoms with E-state index in [4.69, 9.17) is 11.6 Å². The zero-order chi connectivity index (χ0) is 24.0. The summed E-state index contributed by atoms with van der Waals surface area (Å²) in [6.07, 6.45) is 1.45. The maximum Gasteiger partial charge on any atom is 0.243 e. The number of carbonyl (C=O) groups is 2. The van der Waals surface area contributed by atoms with Gasteiger partial charge in [-0.25, -0.2) is 0 Å². The molecule has 1 atom stereocenters. The highest BCUT2D eigenvalue weighted by Crippen LogP contribution is 2.23. The molecule has 0 fully saturated rings. The number of nitrogens with one attached hydrogen (secondary N) is 1. The Hall–Kier alpha value is -2.85. The van der Waals surface area contributed by atoms with Crippen molar-refractivity contribution in [2.24, 2.45) is 0 Å². The number of carbonyl (C=O) groups excluding carboxylic acids is 2. The fourth-order valence-corrected chi connectivity index (χ4v) is 4.27. The van der Waals surface area contributed by atoms with E-state index in [1.165, 1.54) is 0 Å². The first-order chi connectivity index (χ1) is 15.7. The molecule has 0 saturated heterocycles. The Kier molecular flexibility index (Phi) is 8.15. The van der Waals surface area contributed by atoms with Gasteiger partial charge in [-0.3, -0.25) is 9.59 Å². The smallest absolute Gasteiger partial charge is 0.243 e. The topological polar surface area (TPSA) is 49.4 Å². The van der Waals surface area contributed by atoms with Crippen molar-refractivity contribution >= 4 is 34.2 Å². The van der Waals surface area contributed by atoms with Gasteiger partial charge in [-0.15, -0.1) is 0 Å². The number of halogens is 1. The molecule has 3 rings (SSSR count). The van der Waals surface area contributed by atoms with Crippen LogP contribution in [-0.2, 0) is 22.6 Å². The monoisotopic (exact) mass is 464 g/mol. The van der Waals surface area contributed by atoms with Crippen molar-refractivity contribution in [1.29, 1.82) is 0 Å². The molecule has 0 saturated carbocycles. The van der Waals surface area contributed by atoms with E-state index in [1.54, 1.807) is 4.90 Å². The molecule has 0 aliphatic heterocycles. The van der Waals surface area contributed by atoms with Gasteiger partial charge in [-0.05, 0) is 61.6 Å². The van der Waals surface area contributed by atoms with Gasteiger partial charge in [0, 0.05) is 23.5 Å². The van der Waals surface area contributed by atoms with Crippen LogP contribution in [0.2, 0.25) is 5.02 Å². The normalized spacial score (nSPS) is 12.4. The lowest BCUT2D eigenvalue weighted by molar-refractivity contribution is -0.142. The number of benzene rings is 3. The fraction of sp³-hybridized carbons (Fsp3) is 0.357. The van der Waals surface area contributed by atoms with Gasteiger partial charge in [0.15, 0.2) is 0 Å². The van der Waals surface area contributed by atoms with Crippen LogP contribution >= 0.6 is 11.6 Å². The molecule has 5 heteroatoms. The van der Waals surface area contributed by atoms with Gasteiger partial charge < -0.3 is 10.2 Å². The Balaban J connectivity index is 1.86. The summed E-state index contributed by atoms with van der Waals surface area (Å²) in [4.78, 5) is 28.4. The molecule has 2 amide bonds. The zero-order valence-corrected chi connectivity index (χ0v) is 20.7. The van der Waals surface area contributed by atoms with Crippen molar-refractivity contribution in [3.63, 3.8) is 0 Å². The quantitative estimate of drug-likeness (QED) is 0.434. The van der Waals surface area contributed by atoms with Gasteiger partial charge >= 0.3 is 0 Å². The van der Waals surface area contributed by atoms with Gasteiger partial charge in [-0.2, -0.15) is 0 Å². The first-order valence-electron chi connectivity index (χ1n) is 11.5. The van der Waals surface area contributed by atoms with Crippen molar-refractivity contribution in [3.8, 4) is 0 Å². The molecule has 0 radical (unpaired) electrons. The molecule has 0 bridgehead atoms. The van der Waals surface area contributed by atoms with Crippen LogP contribution in [0.3, 0.4) is 0 Å². The van der Waals surface area contributed by atoms with Crippen molar-refractivity contribution in [3.05, 3.63) is 82.9 Å². The van der Waals surface area contributed by atoms with Crippen LogP contribution < -0.4 is 5.32 Å². The summed E-state index contributed by atoms with van der Waals surface area (Å²) in [5, 5.41) is 5.95. The first kappa shape index (κ1) is 24.8. The van der Waals surface area contributed by atoms with E-state index in [2.05, 4.69) is 29.6 Å². The minimum absolute atomic E-state index is 0.0567. The molecular formula is C28H33ClN2O2. The third kappa shape index (κ3) is 6.58. The van der Waals surface area contributed by atoms with E-state index in [9.17, 15) is 9.59 Å². The van der Waals surface area contributed by atoms with Gasteiger partial charge in [0.2, 0.25) is 11.8 Å². The van der Waals surface area contributed by atoms with Gasteiger partial charge in [0.25, 0.3) is 0 Å². The van der Waals surface area contributed by atoms with E-state index in [1.807, 2.05) is 70.2 Å². The Morgan fingerprint density at radius 3 is 2.27 bits per heavy atom. The first-order valence-corrected chi connectivity index (χ1v) is 11.9. The lowest BCUT2D eigenvalue weighted by Crippen LogP contribution is -2.53.